The smallest absolute Gasteiger partial charge is 0.264 e. The molecule has 0 radical (unpaired) electrons. The lowest BCUT2D eigenvalue weighted by Gasteiger charge is -2.16. The minimum Gasteiger partial charge on any atom is -0.489 e. The number of carbonyl (C=O) groups is 1. The number of aliphatic imine (C=N–C) groups is 1. The molecule has 1 fully saturated rings. The summed E-state index contributed by atoms with van der Waals surface area (Å²) in [7, 11) is 0. The number of rotatable bonds is 6. The predicted molar refractivity (Wildman–Crippen MR) is 161 cm³/mol. The monoisotopic (exact) mass is 584 g/mol. The summed E-state index contributed by atoms with van der Waals surface area (Å²) in [5.74, 6) is 0.915. The van der Waals surface area contributed by atoms with Crippen LogP contribution in [0.4, 0.5) is 5.69 Å². The molecule has 0 spiro atoms. The average molecular weight is 586 g/mol. The number of amidine groups is 1. The highest BCUT2D eigenvalue weighted by atomic mass is 79.9. The van der Waals surface area contributed by atoms with Crippen LogP contribution in [0.3, 0.4) is 0 Å². The van der Waals surface area contributed by atoms with Gasteiger partial charge in [-0.3, -0.25) is 4.79 Å². The summed E-state index contributed by atoms with van der Waals surface area (Å²) < 4.78 is 7.04. The van der Waals surface area contributed by atoms with Crippen molar-refractivity contribution in [3.05, 3.63) is 127 Å². The number of carbonyl (C=O) groups excluding carboxylic acids is 1. The first-order valence-electron chi connectivity index (χ1n) is 12.5. The molecule has 2 aliphatic rings. The van der Waals surface area contributed by atoms with Crippen molar-refractivity contribution in [2.75, 3.05) is 0 Å². The highest BCUT2D eigenvalue weighted by Gasteiger charge is 2.27. The molecular formula is C32H29BrN2O2S. The van der Waals surface area contributed by atoms with Gasteiger partial charge < -0.3 is 10.1 Å². The van der Waals surface area contributed by atoms with Gasteiger partial charge in [-0.2, -0.15) is 0 Å². The van der Waals surface area contributed by atoms with Gasteiger partial charge in [0.2, 0.25) is 0 Å². The third-order valence-electron chi connectivity index (χ3n) is 6.78. The van der Waals surface area contributed by atoms with E-state index in [4.69, 9.17) is 4.74 Å². The van der Waals surface area contributed by atoms with Crippen LogP contribution in [0.2, 0.25) is 0 Å². The Morgan fingerprint density at radius 2 is 1.68 bits per heavy atom. The zero-order valence-electron chi connectivity index (χ0n) is 21.8. The maximum atomic E-state index is 12.7. The fourth-order valence-electron chi connectivity index (χ4n) is 4.84. The summed E-state index contributed by atoms with van der Waals surface area (Å²) >= 11 is 4.98. The van der Waals surface area contributed by atoms with Crippen molar-refractivity contribution in [2.24, 2.45) is 4.99 Å². The molecule has 0 saturated carbocycles. The van der Waals surface area contributed by atoms with Crippen LogP contribution in [0.25, 0.3) is 0 Å². The maximum Gasteiger partial charge on any atom is 0.264 e. The van der Waals surface area contributed by atoms with E-state index in [1.807, 2.05) is 62.4 Å². The molecule has 1 heterocycles. The fourth-order valence-corrected chi connectivity index (χ4v) is 5.90. The number of hydrogen-bond donors (Lipinski definition) is 1. The van der Waals surface area contributed by atoms with E-state index in [1.165, 1.54) is 28.5 Å². The van der Waals surface area contributed by atoms with Gasteiger partial charge in [0.25, 0.3) is 5.91 Å². The normalized spacial score (nSPS) is 19.3. The molecule has 38 heavy (non-hydrogen) atoms. The zero-order chi connectivity index (χ0) is 26.8. The Kier molecular flexibility index (Phi) is 7.73. The fraction of sp³-hybridized carbons (Fsp3) is 0.188. The first-order chi connectivity index (χ1) is 18.3. The maximum absolute atomic E-state index is 12.7. The van der Waals surface area contributed by atoms with Crippen LogP contribution in [0.5, 0.6) is 5.75 Å². The Morgan fingerprint density at radius 1 is 1.00 bits per heavy atom. The van der Waals surface area contributed by atoms with Crippen molar-refractivity contribution in [3.8, 4) is 5.75 Å². The lowest BCUT2D eigenvalue weighted by Crippen LogP contribution is -2.19. The lowest BCUT2D eigenvalue weighted by molar-refractivity contribution is -0.115. The van der Waals surface area contributed by atoms with Crippen LogP contribution >= 0.6 is 27.7 Å². The highest BCUT2D eigenvalue weighted by molar-refractivity contribution is 9.10. The van der Waals surface area contributed by atoms with E-state index in [0.29, 0.717) is 16.7 Å². The second kappa shape index (κ2) is 11.2. The van der Waals surface area contributed by atoms with E-state index in [9.17, 15) is 4.79 Å². The van der Waals surface area contributed by atoms with Crippen LogP contribution in [-0.2, 0) is 11.4 Å². The summed E-state index contributed by atoms with van der Waals surface area (Å²) in [5.41, 5.74) is 8.97. The van der Waals surface area contributed by atoms with E-state index < -0.39 is 0 Å². The van der Waals surface area contributed by atoms with Crippen LogP contribution in [0.1, 0.15) is 42.0 Å². The summed E-state index contributed by atoms with van der Waals surface area (Å²) in [5, 5.41) is 3.51. The van der Waals surface area contributed by atoms with Crippen molar-refractivity contribution >= 4 is 44.5 Å². The van der Waals surface area contributed by atoms with Gasteiger partial charge in [0, 0.05) is 10.4 Å². The number of thioether (sulfide) groups is 1. The molecule has 1 aliphatic carbocycles. The third-order valence-corrected chi connectivity index (χ3v) is 8.94. The topological polar surface area (TPSA) is 50.7 Å². The number of amides is 1. The molecule has 0 bridgehead atoms. The Hall–Kier alpha value is -3.35. The SMILES string of the molecule is CC1=CC(/C=C2\SC(=Nc3cc(C)c(Br)c(C)c3)NC2=O)=C(C)[C@@H]1c1ccc(OCc2ccccc2)cc1. The number of nitrogens with one attached hydrogen (secondary N) is 1. The molecule has 5 rings (SSSR count). The highest BCUT2D eigenvalue weighted by Crippen LogP contribution is 2.41. The Morgan fingerprint density at radius 3 is 2.37 bits per heavy atom. The van der Waals surface area contributed by atoms with E-state index >= 15 is 0 Å². The molecular weight excluding hydrogens is 556 g/mol. The van der Waals surface area contributed by atoms with E-state index in [0.717, 1.165) is 38.2 Å². The second-order valence-corrected chi connectivity index (χ2v) is 11.5. The van der Waals surface area contributed by atoms with Gasteiger partial charge in [-0.1, -0.05) is 75.6 Å². The molecule has 0 unspecified atom stereocenters. The molecule has 3 aromatic carbocycles. The van der Waals surface area contributed by atoms with E-state index in [2.05, 4.69) is 70.4 Å². The van der Waals surface area contributed by atoms with Gasteiger partial charge >= 0.3 is 0 Å². The second-order valence-electron chi connectivity index (χ2n) is 9.68. The van der Waals surface area contributed by atoms with Crippen molar-refractivity contribution < 1.29 is 9.53 Å². The van der Waals surface area contributed by atoms with Crippen LogP contribution in [0.15, 0.2) is 110 Å². The molecule has 1 amide bonds. The standard InChI is InChI=1S/C32H29BrN2O2S/c1-19-14-25(17-28-31(36)35-32(38-28)34-26-15-20(2)30(33)21(3)16-26)22(4)29(19)24-10-12-27(13-11-24)37-18-23-8-6-5-7-9-23/h5-17,29H,18H2,1-4H3,(H,34,35,36)/b28-17-/t29-/m1/s1. The zero-order valence-corrected chi connectivity index (χ0v) is 24.2. The first kappa shape index (κ1) is 26.3. The molecule has 1 atom stereocenters. The molecule has 4 nitrogen and oxygen atoms in total. The quantitative estimate of drug-likeness (QED) is 0.296. The summed E-state index contributed by atoms with van der Waals surface area (Å²) in [6, 6.07) is 22.5. The largest absolute Gasteiger partial charge is 0.489 e. The van der Waals surface area contributed by atoms with Gasteiger partial charge in [0.1, 0.15) is 12.4 Å². The molecule has 3 aromatic rings. The minimum absolute atomic E-state index is 0.117. The van der Waals surface area contributed by atoms with Gasteiger partial charge in [-0.05, 0) is 97.6 Å². The number of hydrogen-bond acceptors (Lipinski definition) is 4. The average Bonchev–Trinajstić information content (AvgIpc) is 3.39. The van der Waals surface area contributed by atoms with Crippen molar-refractivity contribution in [1.82, 2.24) is 5.32 Å². The van der Waals surface area contributed by atoms with Gasteiger partial charge in [0.05, 0.1) is 10.6 Å². The molecule has 6 heteroatoms. The molecule has 1 aliphatic heterocycles. The van der Waals surface area contributed by atoms with Crippen LogP contribution in [-0.4, -0.2) is 11.1 Å². The molecule has 1 saturated heterocycles. The first-order valence-corrected chi connectivity index (χ1v) is 14.1. The van der Waals surface area contributed by atoms with Crippen molar-refractivity contribution in [1.29, 1.82) is 0 Å². The van der Waals surface area contributed by atoms with Crippen molar-refractivity contribution in [2.45, 2.75) is 40.2 Å². The molecule has 192 valence electrons. The molecule has 1 N–H and O–H groups in total. The third kappa shape index (κ3) is 5.71. The number of halogens is 1. The van der Waals surface area contributed by atoms with Gasteiger partial charge in [-0.25, -0.2) is 4.99 Å². The predicted octanol–water partition coefficient (Wildman–Crippen LogP) is 8.44. The number of allylic oxidation sites excluding steroid dienone is 5. The van der Waals surface area contributed by atoms with E-state index in [-0.39, 0.29) is 11.8 Å². The Balaban J connectivity index is 1.31. The summed E-state index contributed by atoms with van der Waals surface area (Å²) in [6.45, 7) is 8.91. The minimum atomic E-state index is -0.117. The number of benzene rings is 3. The lowest BCUT2D eigenvalue weighted by atomic mass is 9.89. The van der Waals surface area contributed by atoms with Crippen LogP contribution < -0.4 is 10.1 Å². The van der Waals surface area contributed by atoms with Crippen molar-refractivity contribution in [3.63, 3.8) is 0 Å². The molecule has 0 aromatic heterocycles. The summed E-state index contributed by atoms with van der Waals surface area (Å²) in [6.07, 6.45) is 4.16. The van der Waals surface area contributed by atoms with Gasteiger partial charge in [-0.15, -0.1) is 0 Å². The summed E-state index contributed by atoms with van der Waals surface area (Å²) in [4.78, 5) is 18.1. The van der Waals surface area contributed by atoms with E-state index in [1.54, 1.807) is 0 Å². The Bertz CT molecular complexity index is 1500. The number of aryl methyl sites for hydroxylation is 2. The van der Waals surface area contributed by atoms with Gasteiger partial charge in [0.15, 0.2) is 5.17 Å². The number of nitrogens with zero attached hydrogens (tertiary/aromatic N) is 1. The Labute approximate surface area is 236 Å². The number of ether oxygens (including phenoxy) is 1. The van der Waals surface area contributed by atoms with Crippen LogP contribution in [0, 0.1) is 13.8 Å².